The van der Waals surface area contributed by atoms with Crippen LogP contribution in [0.15, 0.2) is 121 Å². The van der Waals surface area contributed by atoms with Crippen LogP contribution >= 0.6 is 0 Å². The summed E-state index contributed by atoms with van der Waals surface area (Å²) in [6, 6.07) is 37.3. The van der Waals surface area contributed by atoms with Gasteiger partial charge in [0, 0.05) is 0 Å². The van der Waals surface area contributed by atoms with E-state index in [1.54, 1.807) is 0 Å². The van der Waals surface area contributed by atoms with Crippen molar-refractivity contribution in [3.05, 3.63) is 149 Å². The van der Waals surface area contributed by atoms with Crippen molar-refractivity contribution in [3.8, 4) is 0 Å². The van der Waals surface area contributed by atoms with Gasteiger partial charge in [-0.25, -0.2) is 11.6 Å². The van der Waals surface area contributed by atoms with E-state index in [2.05, 4.69) is 177 Å². The molecule has 0 aromatic heterocycles. The maximum atomic E-state index is 3.50. The summed E-state index contributed by atoms with van der Waals surface area (Å²) in [6.07, 6.45) is 13.0. The molecule has 0 aliphatic heterocycles. The number of halogens is 2. The molecule has 5 aromatic carbocycles. The molecule has 0 nitrogen and oxygen atoms in total. The fourth-order valence-corrected chi connectivity index (χ4v) is 6.62. The summed E-state index contributed by atoms with van der Waals surface area (Å²) in [5.41, 5.74) is 7.30. The Morgan fingerprint density at radius 2 is 1.12 bits per heavy atom. The first-order chi connectivity index (χ1) is 21.9. The van der Waals surface area contributed by atoms with E-state index < -0.39 is 0 Å². The fraction of sp³-hybridized carbons (Fsp3) is 0.333. The molecule has 1 aliphatic rings. The Labute approximate surface area is 318 Å². The van der Waals surface area contributed by atoms with Crippen LogP contribution in [-0.4, -0.2) is 3.21 Å². The van der Waals surface area contributed by atoms with Crippen molar-refractivity contribution in [2.24, 2.45) is 5.92 Å². The van der Waals surface area contributed by atoms with Gasteiger partial charge >= 0.3 is 99.2 Å². The third-order valence-electron chi connectivity index (χ3n) is 8.58. The first-order valence-corrected chi connectivity index (χ1v) is 18.3. The first kappa shape index (κ1) is 41.7. The Balaban J connectivity index is 0.000000260. The zero-order valence-corrected chi connectivity index (χ0v) is 34.1. The van der Waals surface area contributed by atoms with Gasteiger partial charge < -0.3 is 24.8 Å². The molecule has 0 heterocycles. The number of hydrogen-bond donors (Lipinski definition) is 0. The molecule has 252 valence electrons. The van der Waals surface area contributed by atoms with Crippen LogP contribution in [0.25, 0.3) is 21.5 Å². The monoisotopic (exact) mass is 752 g/mol. The molecular formula is C45H52Cl2Zr-2. The van der Waals surface area contributed by atoms with Crippen LogP contribution in [-0.2, 0) is 35.1 Å². The van der Waals surface area contributed by atoms with Crippen molar-refractivity contribution in [1.82, 2.24) is 0 Å². The van der Waals surface area contributed by atoms with Crippen molar-refractivity contribution in [3.63, 3.8) is 0 Å². The van der Waals surface area contributed by atoms with Crippen molar-refractivity contribution < 1.29 is 49.0 Å². The molecule has 0 radical (unpaired) electrons. The SMILES string of the molecule is CC(C)(C)c1ccc2c(c1)[cH-]c1cc(C(C)(C)C)ccc12.CCCC1=[C-]C(CCC)C=C1.[Cl-].[Cl-].[Zr+2]=[C](c1ccccc1)c1ccccc1. The van der Waals surface area contributed by atoms with Gasteiger partial charge in [0.2, 0.25) is 0 Å². The summed E-state index contributed by atoms with van der Waals surface area (Å²) in [7, 11) is 0. The van der Waals surface area contributed by atoms with Gasteiger partial charge in [-0.15, -0.1) is 39.7 Å². The van der Waals surface area contributed by atoms with Gasteiger partial charge in [0.05, 0.1) is 0 Å². The molecule has 1 atom stereocenters. The summed E-state index contributed by atoms with van der Waals surface area (Å²) in [5, 5.41) is 5.48. The Kier molecular flexibility index (Phi) is 16.6. The predicted molar refractivity (Wildman–Crippen MR) is 200 cm³/mol. The van der Waals surface area contributed by atoms with Crippen LogP contribution < -0.4 is 24.8 Å². The van der Waals surface area contributed by atoms with E-state index >= 15 is 0 Å². The second kappa shape index (κ2) is 19.1. The number of hydrogen-bond acceptors (Lipinski definition) is 0. The number of rotatable bonds is 6. The van der Waals surface area contributed by atoms with Gasteiger partial charge in [-0.1, -0.05) is 122 Å². The number of benzene rings is 4. The maximum absolute atomic E-state index is 3.50. The first-order valence-electron chi connectivity index (χ1n) is 17.0. The van der Waals surface area contributed by atoms with Gasteiger partial charge in [-0.3, -0.25) is 6.08 Å². The van der Waals surface area contributed by atoms with Crippen molar-refractivity contribution in [1.29, 1.82) is 0 Å². The Bertz CT molecular complexity index is 1670. The van der Waals surface area contributed by atoms with Gasteiger partial charge in [0.25, 0.3) is 0 Å². The van der Waals surface area contributed by atoms with E-state index in [1.807, 2.05) is 0 Å². The number of allylic oxidation sites excluding steroid dienone is 4. The molecule has 0 saturated carbocycles. The molecule has 1 aliphatic carbocycles. The summed E-state index contributed by atoms with van der Waals surface area (Å²) < 4.78 is 1.42. The Morgan fingerprint density at radius 3 is 1.52 bits per heavy atom. The molecule has 0 fully saturated rings. The van der Waals surface area contributed by atoms with Gasteiger partial charge in [0.1, 0.15) is 0 Å². The molecule has 3 heteroatoms. The molecule has 6 rings (SSSR count). The molecule has 0 saturated heterocycles. The third kappa shape index (κ3) is 11.6. The van der Waals surface area contributed by atoms with Gasteiger partial charge in [0.15, 0.2) is 0 Å². The van der Waals surface area contributed by atoms with Gasteiger partial charge in [-0.05, 0) is 10.8 Å². The summed E-state index contributed by atoms with van der Waals surface area (Å²) in [6.45, 7) is 18.1. The standard InChI is InChI=1S/C21H25.C13H10.C11H17.2ClH.Zr/c1-20(2,3)16-7-9-18-14(12-16)11-15-13-17(21(4,5)6)8-10-19(15)18;1-3-7-12(8-4-1)11-13-9-5-2-6-10-13;1-3-5-10-7-8-11(9-10)6-4-2;;;/h7-13H,1-6H3;1-10H;7-8,10H,3-6H2,1-2H3;2*1H;/q-1;;-1;;;+2/p-2. The summed E-state index contributed by atoms with van der Waals surface area (Å²) in [5.74, 6) is 0.626. The molecule has 0 spiro atoms. The van der Waals surface area contributed by atoms with Crippen LogP contribution in [0.1, 0.15) is 103 Å². The quantitative estimate of drug-likeness (QED) is 0.171. The second-order valence-corrected chi connectivity index (χ2v) is 15.8. The van der Waals surface area contributed by atoms with Crippen molar-refractivity contribution >= 4 is 24.8 Å². The van der Waals surface area contributed by atoms with E-state index in [-0.39, 0.29) is 35.6 Å². The van der Waals surface area contributed by atoms with Gasteiger partial charge in [-0.2, -0.15) is 6.08 Å². The molecule has 0 N–H and O–H groups in total. The topological polar surface area (TPSA) is 0 Å². The van der Waals surface area contributed by atoms with Crippen LogP contribution in [0.3, 0.4) is 0 Å². The Morgan fingerprint density at radius 1 is 0.667 bits per heavy atom. The van der Waals surface area contributed by atoms with E-state index in [0.29, 0.717) is 5.92 Å². The Hall–Kier alpha value is -2.44. The zero-order valence-electron chi connectivity index (χ0n) is 30.1. The van der Waals surface area contributed by atoms with Crippen LogP contribution in [0.5, 0.6) is 0 Å². The van der Waals surface area contributed by atoms with Crippen LogP contribution in [0.4, 0.5) is 0 Å². The molecule has 1 unspecified atom stereocenters. The molecule has 0 bridgehead atoms. The average Bonchev–Trinajstić information content (AvgIpc) is 3.65. The van der Waals surface area contributed by atoms with E-state index in [9.17, 15) is 0 Å². The molecular weight excluding hydrogens is 703 g/mol. The third-order valence-corrected chi connectivity index (χ3v) is 10.00. The van der Waals surface area contributed by atoms with E-state index in [0.717, 1.165) is 0 Å². The predicted octanol–water partition coefficient (Wildman–Crippen LogP) is 6.62. The normalized spacial score (nSPS) is 13.8. The van der Waals surface area contributed by atoms with E-state index in [1.165, 1.54) is 102 Å². The minimum absolute atomic E-state index is 0. The second-order valence-electron chi connectivity index (χ2n) is 14.5. The summed E-state index contributed by atoms with van der Waals surface area (Å²) in [4.78, 5) is 0. The van der Waals surface area contributed by atoms with Crippen molar-refractivity contribution in [2.45, 2.75) is 91.9 Å². The number of fused-ring (bicyclic) bond motifs is 3. The zero-order chi connectivity index (χ0) is 33.3. The fourth-order valence-electron chi connectivity index (χ4n) is 5.80. The van der Waals surface area contributed by atoms with Crippen LogP contribution in [0.2, 0.25) is 0 Å². The minimum atomic E-state index is 0. The van der Waals surface area contributed by atoms with Crippen molar-refractivity contribution in [2.75, 3.05) is 0 Å². The molecule has 48 heavy (non-hydrogen) atoms. The van der Waals surface area contributed by atoms with E-state index in [4.69, 9.17) is 0 Å². The molecule has 5 aromatic rings. The van der Waals surface area contributed by atoms with Crippen LogP contribution in [0, 0.1) is 12.0 Å². The summed E-state index contributed by atoms with van der Waals surface area (Å²) >= 11 is 1.46. The molecule has 0 amide bonds. The average molecular weight is 755 g/mol.